The van der Waals surface area contributed by atoms with E-state index < -0.39 is 18.3 Å². The summed E-state index contributed by atoms with van der Waals surface area (Å²) in [4.78, 5) is 0. The van der Waals surface area contributed by atoms with E-state index in [9.17, 15) is 13.2 Å². The van der Waals surface area contributed by atoms with Gasteiger partial charge in [0.25, 0.3) is 6.43 Å². The molecule has 0 amide bonds. The summed E-state index contributed by atoms with van der Waals surface area (Å²) in [6.45, 7) is 2.17. The van der Waals surface area contributed by atoms with Gasteiger partial charge in [-0.05, 0) is 24.6 Å². The van der Waals surface area contributed by atoms with Crippen LogP contribution in [0.5, 0.6) is 0 Å². The Labute approximate surface area is 97.6 Å². The van der Waals surface area contributed by atoms with Crippen LogP contribution in [0.2, 0.25) is 5.02 Å². The van der Waals surface area contributed by atoms with Crippen molar-refractivity contribution >= 4 is 11.6 Å². The fraction of sp³-hybridized carbons (Fsp3) is 0.455. The van der Waals surface area contributed by atoms with E-state index in [1.54, 1.807) is 13.0 Å². The summed E-state index contributed by atoms with van der Waals surface area (Å²) in [7, 11) is 0. The van der Waals surface area contributed by atoms with Gasteiger partial charge in [0.15, 0.2) is 0 Å². The summed E-state index contributed by atoms with van der Waals surface area (Å²) in [6.07, 6.45) is -2.48. The van der Waals surface area contributed by atoms with E-state index in [1.807, 2.05) is 0 Å². The highest BCUT2D eigenvalue weighted by Crippen LogP contribution is 2.22. The quantitative estimate of drug-likeness (QED) is 0.847. The Morgan fingerprint density at radius 1 is 1.38 bits per heavy atom. The number of alkyl halides is 2. The minimum absolute atomic E-state index is 0.0160. The molecule has 0 saturated carbocycles. The third-order valence-corrected chi connectivity index (χ3v) is 2.67. The second-order valence-corrected chi connectivity index (χ2v) is 3.79. The van der Waals surface area contributed by atoms with Gasteiger partial charge in [0.2, 0.25) is 0 Å². The van der Waals surface area contributed by atoms with Gasteiger partial charge in [-0.2, -0.15) is 0 Å². The summed E-state index contributed by atoms with van der Waals surface area (Å²) < 4.78 is 38.3. The van der Waals surface area contributed by atoms with Crippen LogP contribution < -0.4 is 5.32 Å². The molecule has 0 heterocycles. The molecule has 0 aliphatic rings. The van der Waals surface area contributed by atoms with Crippen LogP contribution in [-0.4, -0.2) is 19.0 Å². The van der Waals surface area contributed by atoms with Crippen LogP contribution in [-0.2, 0) is 6.42 Å². The Hall–Kier alpha value is -0.740. The smallest absolute Gasteiger partial charge is 0.254 e. The topological polar surface area (TPSA) is 12.0 Å². The number of rotatable bonds is 5. The predicted octanol–water partition coefficient (Wildman–Crippen LogP) is 3.26. The molecule has 1 aromatic carbocycles. The number of likely N-dealkylation sites (N-methyl/N-ethyl adjacent to an activating group) is 1. The summed E-state index contributed by atoms with van der Waals surface area (Å²) in [5.41, 5.74) is 0.396. The van der Waals surface area contributed by atoms with Crippen LogP contribution in [0, 0.1) is 5.82 Å². The molecule has 1 nitrogen and oxygen atoms in total. The zero-order valence-electron chi connectivity index (χ0n) is 8.81. The minimum atomic E-state index is -2.50. The van der Waals surface area contributed by atoms with Gasteiger partial charge in [0.05, 0.1) is 11.1 Å². The van der Waals surface area contributed by atoms with Crippen LogP contribution in [0.3, 0.4) is 0 Å². The van der Waals surface area contributed by atoms with E-state index in [-0.39, 0.29) is 11.4 Å². The number of hydrogen-bond acceptors (Lipinski definition) is 1. The number of halogens is 4. The highest BCUT2D eigenvalue weighted by atomic mass is 35.5. The Balaban J connectivity index is 2.81. The first-order valence-corrected chi connectivity index (χ1v) is 5.38. The normalized spacial score (nSPS) is 13.1. The molecule has 0 aliphatic heterocycles. The molecule has 1 rings (SSSR count). The maximum absolute atomic E-state index is 13.1. The lowest BCUT2D eigenvalue weighted by atomic mass is 10.1. The molecule has 1 aromatic rings. The van der Waals surface area contributed by atoms with Crippen molar-refractivity contribution in [1.29, 1.82) is 0 Å². The second kappa shape index (κ2) is 6.11. The van der Waals surface area contributed by atoms with Gasteiger partial charge in [0.1, 0.15) is 5.82 Å². The van der Waals surface area contributed by atoms with Gasteiger partial charge in [-0.1, -0.05) is 30.7 Å². The Kier molecular flexibility index (Phi) is 5.09. The molecule has 16 heavy (non-hydrogen) atoms. The van der Waals surface area contributed by atoms with Crippen LogP contribution >= 0.6 is 11.6 Å². The van der Waals surface area contributed by atoms with Gasteiger partial charge in [-0.25, -0.2) is 13.2 Å². The zero-order chi connectivity index (χ0) is 12.1. The first kappa shape index (κ1) is 13.3. The fourth-order valence-corrected chi connectivity index (χ4v) is 1.66. The molecule has 1 N–H and O–H groups in total. The monoisotopic (exact) mass is 251 g/mol. The highest BCUT2D eigenvalue weighted by Gasteiger charge is 2.21. The molecule has 1 unspecified atom stereocenters. The van der Waals surface area contributed by atoms with Crippen molar-refractivity contribution < 1.29 is 13.2 Å². The van der Waals surface area contributed by atoms with E-state index in [0.717, 1.165) is 0 Å². The SMILES string of the molecule is CCNC(Cc1cccc(F)c1Cl)C(F)F. The van der Waals surface area contributed by atoms with E-state index in [1.165, 1.54) is 12.1 Å². The van der Waals surface area contributed by atoms with Crippen molar-refractivity contribution in [1.82, 2.24) is 5.32 Å². The molecular formula is C11H13ClF3N. The molecule has 5 heteroatoms. The Bertz CT molecular complexity index is 344. The first-order chi connectivity index (χ1) is 7.56. The van der Waals surface area contributed by atoms with Crippen LogP contribution in [0.1, 0.15) is 12.5 Å². The van der Waals surface area contributed by atoms with Crippen molar-refractivity contribution in [3.05, 3.63) is 34.6 Å². The molecular weight excluding hydrogens is 239 g/mol. The summed E-state index contributed by atoms with van der Waals surface area (Å²) >= 11 is 5.69. The van der Waals surface area contributed by atoms with Gasteiger partial charge in [-0.15, -0.1) is 0 Å². The largest absolute Gasteiger partial charge is 0.309 e. The average molecular weight is 252 g/mol. The maximum atomic E-state index is 13.1. The third-order valence-electron chi connectivity index (χ3n) is 2.24. The number of nitrogens with one attached hydrogen (secondary N) is 1. The maximum Gasteiger partial charge on any atom is 0.254 e. The molecule has 0 saturated heterocycles. The van der Waals surface area contributed by atoms with Gasteiger partial charge in [-0.3, -0.25) is 0 Å². The van der Waals surface area contributed by atoms with Crippen molar-refractivity contribution in [2.45, 2.75) is 25.8 Å². The van der Waals surface area contributed by atoms with Crippen LogP contribution in [0.4, 0.5) is 13.2 Å². The highest BCUT2D eigenvalue weighted by molar-refractivity contribution is 6.31. The van der Waals surface area contributed by atoms with Crippen LogP contribution in [0.15, 0.2) is 18.2 Å². The molecule has 0 bridgehead atoms. The van der Waals surface area contributed by atoms with Crippen LogP contribution in [0.25, 0.3) is 0 Å². The van der Waals surface area contributed by atoms with Gasteiger partial charge >= 0.3 is 0 Å². The molecule has 0 radical (unpaired) electrons. The van der Waals surface area contributed by atoms with Gasteiger partial charge in [0, 0.05) is 0 Å². The van der Waals surface area contributed by atoms with E-state index in [4.69, 9.17) is 11.6 Å². The lowest BCUT2D eigenvalue weighted by molar-refractivity contribution is 0.0990. The van der Waals surface area contributed by atoms with E-state index in [0.29, 0.717) is 12.1 Å². The third kappa shape index (κ3) is 3.39. The van der Waals surface area contributed by atoms with E-state index >= 15 is 0 Å². The van der Waals surface area contributed by atoms with Gasteiger partial charge < -0.3 is 5.32 Å². The van der Waals surface area contributed by atoms with Crippen molar-refractivity contribution in [2.24, 2.45) is 0 Å². The van der Waals surface area contributed by atoms with Crippen molar-refractivity contribution in [3.8, 4) is 0 Å². The minimum Gasteiger partial charge on any atom is -0.309 e. The standard InChI is InChI=1S/C11H13ClF3N/c1-2-16-9(11(14)15)6-7-4-3-5-8(13)10(7)12/h3-5,9,11,16H,2,6H2,1H3. The summed E-state index contributed by atoms with van der Waals surface area (Å²) in [5.74, 6) is -0.580. The molecule has 0 aliphatic carbocycles. The Morgan fingerprint density at radius 2 is 2.06 bits per heavy atom. The summed E-state index contributed by atoms with van der Waals surface area (Å²) in [6, 6.07) is 3.23. The number of benzene rings is 1. The van der Waals surface area contributed by atoms with E-state index in [2.05, 4.69) is 5.32 Å². The molecule has 90 valence electrons. The Morgan fingerprint density at radius 3 is 2.62 bits per heavy atom. The number of hydrogen-bond donors (Lipinski definition) is 1. The zero-order valence-corrected chi connectivity index (χ0v) is 9.57. The first-order valence-electron chi connectivity index (χ1n) is 5.00. The predicted molar refractivity (Wildman–Crippen MR) is 58.6 cm³/mol. The lowest BCUT2D eigenvalue weighted by Gasteiger charge is -2.17. The second-order valence-electron chi connectivity index (χ2n) is 3.42. The summed E-state index contributed by atoms with van der Waals surface area (Å²) in [5, 5.41) is 2.57. The van der Waals surface area contributed by atoms with Crippen molar-refractivity contribution in [2.75, 3.05) is 6.54 Å². The van der Waals surface area contributed by atoms with Crippen molar-refractivity contribution in [3.63, 3.8) is 0 Å². The molecule has 0 aromatic heterocycles. The fourth-order valence-electron chi connectivity index (χ4n) is 1.46. The molecule has 1 atom stereocenters. The molecule has 0 spiro atoms. The lowest BCUT2D eigenvalue weighted by Crippen LogP contribution is -2.37. The average Bonchev–Trinajstić information content (AvgIpc) is 2.23. The molecule has 0 fully saturated rings.